The number of aliphatic hydroxyl groups excluding tert-OH is 1. The number of ether oxygens (including phenoxy) is 4. The van der Waals surface area contributed by atoms with Crippen LogP contribution >= 0.6 is 0 Å². The van der Waals surface area contributed by atoms with Crippen LogP contribution in [0.4, 0.5) is 5.69 Å². The van der Waals surface area contributed by atoms with Gasteiger partial charge in [-0.15, -0.1) is 0 Å². The van der Waals surface area contributed by atoms with E-state index in [2.05, 4.69) is 0 Å². The van der Waals surface area contributed by atoms with Gasteiger partial charge in [0.25, 0.3) is 11.7 Å². The fourth-order valence-corrected chi connectivity index (χ4v) is 4.85. The lowest BCUT2D eigenvalue weighted by atomic mass is 9.94. The summed E-state index contributed by atoms with van der Waals surface area (Å²) in [4.78, 5) is 28.6. The molecule has 1 atom stereocenters. The minimum absolute atomic E-state index is 0.0276. The SMILES string of the molecule is CCOc1cc(C2/C(=C(\O)c3ccc4c(c3)OCCO4)C(=O)C(=O)N2c2cc(C)ccc2C)ccc1OC. The number of hydrogen-bond donors (Lipinski definition) is 1. The lowest BCUT2D eigenvalue weighted by molar-refractivity contribution is -0.132. The maximum absolute atomic E-state index is 13.6. The third kappa shape index (κ3) is 4.32. The molecule has 1 saturated heterocycles. The second-order valence-corrected chi connectivity index (χ2v) is 9.16. The Labute approximate surface area is 221 Å². The number of benzene rings is 3. The number of amides is 1. The van der Waals surface area contributed by atoms with Crippen LogP contribution in [-0.4, -0.2) is 43.7 Å². The predicted molar refractivity (Wildman–Crippen MR) is 142 cm³/mol. The van der Waals surface area contributed by atoms with E-state index in [4.69, 9.17) is 18.9 Å². The van der Waals surface area contributed by atoms with Crippen molar-refractivity contribution in [1.82, 2.24) is 0 Å². The van der Waals surface area contributed by atoms with Crippen molar-refractivity contribution in [2.24, 2.45) is 0 Å². The number of ketones is 1. The van der Waals surface area contributed by atoms with Gasteiger partial charge in [-0.25, -0.2) is 0 Å². The molecule has 2 aliphatic heterocycles. The lowest BCUT2D eigenvalue weighted by Gasteiger charge is -2.27. The Morgan fingerprint density at radius 3 is 2.47 bits per heavy atom. The zero-order valence-corrected chi connectivity index (χ0v) is 21.7. The van der Waals surface area contributed by atoms with Crippen LogP contribution < -0.4 is 23.8 Å². The Balaban J connectivity index is 1.73. The summed E-state index contributed by atoms with van der Waals surface area (Å²) in [5.41, 5.74) is 3.25. The van der Waals surface area contributed by atoms with Gasteiger partial charge in [-0.2, -0.15) is 0 Å². The van der Waals surface area contributed by atoms with E-state index in [1.807, 2.05) is 39.0 Å². The highest BCUT2D eigenvalue weighted by molar-refractivity contribution is 6.51. The molecule has 0 aliphatic carbocycles. The van der Waals surface area contributed by atoms with Crippen LogP contribution in [0.1, 0.15) is 35.2 Å². The monoisotopic (exact) mass is 515 g/mol. The van der Waals surface area contributed by atoms with E-state index in [0.29, 0.717) is 59.6 Å². The van der Waals surface area contributed by atoms with Crippen molar-refractivity contribution in [3.8, 4) is 23.0 Å². The maximum Gasteiger partial charge on any atom is 0.300 e. The van der Waals surface area contributed by atoms with Crippen LogP contribution in [0.5, 0.6) is 23.0 Å². The van der Waals surface area contributed by atoms with Gasteiger partial charge in [0, 0.05) is 11.3 Å². The fraction of sp³-hybridized carbons (Fsp3) is 0.267. The number of aryl methyl sites for hydroxylation is 2. The Kier molecular flexibility index (Phi) is 6.72. The summed E-state index contributed by atoms with van der Waals surface area (Å²) >= 11 is 0. The van der Waals surface area contributed by atoms with Crippen molar-refractivity contribution in [3.05, 3.63) is 82.4 Å². The summed E-state index contributed by atoms with van der Waals surface area (Å²) in [6.07, 6.45) is 0. The number of anilines is 1. The van der Waals surface area contributed by atoms with Crippen molar-refractivity contribution in [2.75, 3.05) is 31.8 Å². The van der Waals surface area contributed by atoms with E-state index in [1.54, 1.807) is 43.5 Å². The van der Waals surface area contributed by atoms with E-state index < -0.39 is 17.7 Å². The molecule has 8 nitrogen and oxygen atoms in total. The quantitative estimate of drug-likeness (QED) is 0.277. The molecule has 1 amide bonds. The fourth-order valence-electron chi connectivity index (χ4n) is 4.85. The highest BCUT2D eigenvalue weighted by Gasteiger charge is 2.47. The molecule has 38 heavy (non-hydrogen) atoms. The number of hydrogen-bond acceptors (Lipinski definition) is 7. The molecule has 1 N–H and O–H groups in total. The van der Waals surface area contributed by atoms with Crippen molar-refractivity contribution in [2.45, 2.75) is 26.8 Å². The topological polar surface area (TPSA) is 94.5 Å². The molecule has 1 fully saturated rings. The van der Waals surface area contributed by atoms with Gasteiger partial charge in [0.05, 0.1) is 25.3 Å². The van der Waals surface area contributed by atoms with Crippen LogP contribution in [0.15, 0.2) is 60.2 Å². The summed E-state index contributed by atoms with van der Waals surface area (Å²) in [6.45, 7) is 6.86. The molecule has 5 rings (SSSR count). The van der Waals surface area contributed by atoms with Crippen molar-refractivity contribution in [1.29, 1.82) is 0 Å². The standard InChI is InChI=1S/C30H29NO7/c1-5-36-24-15-19(8-10-22(24)35-4)27-26(28(32)20-9-11-23-25(16-20)38-13-12-37-23)29(33)30(34)31(27)21-14-17(2)6-7-18(21)3/h6-11,14-16,27,32H,5,12-13H2,1-4H3/b28-26+. The molecule has 0 radical (unpaired) electrons. The minimum atomic E-state index is -0.909. The molecule has 8 heteroatoms. The van der Waals surface area contributed by atoms with Gasteiger partial charge >= 0.3 is 0 Å². The largest absolute Gasteiger partial charge is 0.507 e. The van der Waals surface area contributed by atoms with Gasteiger partial charge in [-0.05, 0) is 73.9 Å². The molecular formula is C30H29NO7. The molecule has 196 valence electrons. The van der Waals surface area contributed by atoms with E-state index in [1.165, 1.54) is 4.90 Å². The molecule has 0 saturated carbocycles. The van der Waals surface area contributed by atoms with Crippen LogP contribution in [0.3, 0.4) is 0 Å². The first kappa shape index (κ1) is 25.2. The highest BCUT2D eigenvalue weighted by atomic mass is 16.6. The van der Waals surface area contributed by atoms with Gasteiger partial charge in [0.1, 0.15) is 19.0 Å². The van der Waals surface area contributed by atoms with Crippen molar-refractivity contribution < 1.29 is 33.6 Å². The predicted octanol–water partition coefficient (Wildman–Crippen LogP) is 5.11. The lowest BCUT2D eigenvalue weighted by Crippen LogP contribution is -2.30. The Hall–Kier alpha value is -4.46. The van der Waals surface area contributed by atoms with E-state index >= 15 is 0 Å². The summed E-state index contributed by atoms with van der Waals surface area (Å²) in [6, 6.07) is 15.0. The average Bonchev–Trinajstić information content (AvgIpc) is 3.19. The Morgan fingerprint density at radius 2 is 1.74 bits per heavy atom. The Morgan fingerprint density at radius 1 is 0.974 bits per heavy atom. The Bertz CT molecular complexity index is 1460. The molecule has 0 aromatic heterocycles. The molecule has 1 unspecified atom stereocenters. The zero-order valence-electron chi connectivity index (χ0n) is 21.7. The van der Waals surface area contributed by atoms with E-state index in [-0.39, 0.29) is 11.3 Å². The highest BCUT2D eigenvalue weighted by Crippen LogP contribution is 2.45. The third-order valence-electron chi connectivity index (χ3n) is 6.69. The summed E-state index contributed by atoms with van der Waals surface area (Å²) in [5, 5.41) is 11.5. The van der Waals surface area contributed by atoms with E-state index in [0.717, 1.165) is 11.1 Å². The molecule has 2 heterocycles. The first-order valence-corrected chi connectivity index (χ1v) is 12.4. The number of methoxy groups -OCH3 is 1. The first-order valence-electron chi connectivity index (χ1n) is 12.4. The number of Topliss-reactive ketones (excluding diaryl/α,β-unsaturated/α-hetero) is 1. The molecule has 0 bridgehead atoms. The van der Waals surface area contributed by atoms with Gasteiger partial charge in [0.2, 0.25) is 0 Å². The zero-order chi connectivity index (χ0) is 27.0. The summed E-state index contributed by atoms with van der Waals surface area (Å²) in [5.74, 6) is 0.199. The van der Waals surface area contributed by atoms with Gasteiger partial charge in [-0.3, -0.25) is 14.5 Å². The number of carbonyl (C=O) groups is 2. The van der Waals surface area contributed by atoms with Gasteiger partial charge < -0.3 is 24.1 Å². The molecule has 3 aromatic rings. The van der Waals surface area contributed by atoms with Gasteiger partial charge in [-0.1, -0.05) is 18.2 Å². The molecule has 2 aliphatic rings. The number of fused-ring (bicyclic) bond motifs is 1. The number of nitrogens with zero attached hydrogens (tertiary/aromatic N) is 1. The molecular weight excluding hydrogens is 486 g/mol. The third-order valence-corrected chi connectivity index (χ3v) is 6.69. The number of rotatable bonds is 6. The molecule has 3 aromatic carbocycles. The van der Waals surface area contributed by atoms with Crippen molar-refractivity contribution >= 4 is 23.1 Å². The van der Waals surface area contributed by atoms with Crippen molar-refractivity contribution in [3.63, 3.8) is 0 Å². The first-order chi connectivity index (χ1) is 18.3. The van der Waals surface area contributed by atoms with Crippen LogP contribution in [0, 0.1) is 13.8 Å². The molecule has 0 spiro atoms. The smallest absolute Gasteiger partial charge is 0.300 e. The maximum atomic E-state index is 13.6. The summed E-state index contributed by atoms with van der Waals surface area (Å²) < 4.78 is 22.5. The van der Waals surface area contributed by atoms with Crippen LogP contribution in [0.25, 0.3) is 5.76 Å². The number of carbonyl (C=O) groups excluding carboxylic acids is 2. The normalized spacial score (nSPS) is 18.0. The number of aliphatic hydroxyl groups is 1. The minimum Gasteiger partial charge on any atom is -0.507 e. The average molecular weight is 516 g/mol. The van der Waals surface area contributed by atoms with Crippen LogP contribution in [0.2, 0.25) is 0 Å². The van der Waals surface area contributed by atoms with Gasteiger partial charge in [0.15, 0.2) is 23.0 Å². The van der Waals surface area contributed by atoms with Crippen LogP contribution in [-0.2, 0) is 9.59 Å². The second-order valence-electron chi connectivity index (χ2n) is 9.16. The summed E-state index contributed by atoms with van der Waals surface area (Å²) in [7, 11) is 1.54. The van der Waals surface area contributed by atoms with E-state index in [9.17, 15) is 14.7 Å². The second kappa shape index (κ2) is 10.1.